The normalized spacial score (nSPS) is 13.7. The number of nitrogens with zero attached hydrogens (tertiary/aromatic N) is 4. The summed E-state index contributed by atoms with van der Waals surface area (Å²) in [5, 5.41) is 14.1. The van der Waals surface area contributed by atoms with E-state index in [-0.39, 0.29) is 10.6 Å². The van der Waals surface area contributed by atoms with E-state index in [9.17, 15) is 18.5 Å². The number of nitrogens with one attached hydrogen (secondary N) is 2. The Labute approximate surface area is 185 Å². The Bertz CT molecular complexity index is 1240. The van der Waals surface area contributed by atoms with Crippen LogP contribution in [0.1, 0.15) is 18.7 Å². The fourth-order valence-corrected chi connectivity index (χ4v) is 4.57. The molecule has 32 heavy (non-hydrogen) atoms. The lowest BCUT2D eigenvalue weighted by Crippen LogP contribution is -2.19. The number of rotatable bonds is 7. The Morgan fingerprint density at radius 2 is 1.69 bits per heavy atom. The zero-order chi connectivity index (χ0) is 22.7. The number of nitro groups is 1. The van der Waals surface area contributed by atoms with Gasteiger partial charge in [-0.25, -0.2) is 18.4 Å². The van der Waals surface area contributed by atoms with Crippen molar-refractivity contribution in [2.24, 2.45) is 0 Å². The monoisotopic (exact) mass is 454 g/mol. The summed E-state index contributed by atoms with van der Waals surface area (Å²) in [7, 11) is -3.96. The first-order valence-electron chi connectivity index (χ1n) is 10.1. The first kappa shape index (κ1) is 21.5. The first-order valence-corrected chi connectivity index (χ1v) is 11.5. The molecule has 11 heteroatoms. The molecule has 0 aliphatic carbocycles. The van der Waals surface area contributed by atoms with Crippen molar-refractivity contribution in [3.63, 3.8) is 0 Å². The lowest BCUT2D eigenvalue weighted by molar-refractivity contribution is -0.385. The molecule has 1 aliphatic rings. The van der Waals surface area contributed by atoms with Crippen LogP contribution in [0.25, 0.3) is 0 Å². The van der Waals surface area contributed by atoms with Gasteiger partial charge in [-0.2, -0.15) is 0 Å². The highest BCUT2D eigenvalue weighted by Crippen LogP contribution is 2.25. The number of non-ortho nitro benzene ring substituents is 1. The average Bonchev–Trinajstić information content (AvgIpc) is 3.30. The molecular formula is C21H22N6O4S. The van der Waals surface area contributed by atoms with E-state index in [0.29, 0.717) is 17.3 Å². The third-order valence-corrected chi connectivity index (χ3v) is 6.38. The minimum atomic E-state index is -3.96. The largest absolute Gasteiger partial charge is 0.356 e. The van der Waals surface area contributed by atoms with Crippen LogP contribution >= 0.6 is 0 Å². The van der Waals surface area contributed by atoms with Crippen molar-refractivity contribution in [3.05, 3.63) is 70.5 Å². The Kier molecular flexibility index (Phi) is 5.91. The van der Waals surface area contributed by atoms with E-state index in [1.807, 2.05) is 13.0 Å². The minimum absolute atomic E-state index is 0.181. The molecule has 0 atom stereocenters. The number of aryl methyl sites for hydroxylation is 1. The predicted octanol–water partition coefficient (Wildman–Crippen LogP) is 3.84. The third-order valence-electron chi connectivity index (χ3n) is 5.00. The van der Waals surface area contributed by atoms with Crippen molar-refractivity contribution >= 4 is 38.7 Å². The highest BCUT2D eigenvalue weighted by molar-refractivity contribution is 7.92. The Balaban J connectivity index is 1.48. The molecule has 3 aromatic rings. The molecule has 0 spiro atoms. The van der Waals surface area contributed by atoms with Gasteiger partial charge in [-0.1, -0.05) is 6.07 Å². The molecule has 0 amide bonds. The summed E-state index contributed by atoms with van der Waals surface area (Å²) in [6.07, 6.45) is 2.30. The second-order valence-corrected chi connectivity index (χ2v) is 9.10. The fourth-order valence-electron chi connectivity index (χ4n) is 3.47. The number of aromatic nitrogens is 2. The summed E-state index contributed by atoms with van der Waals surface area (Å²) in [4.78, 5) is 21.3. The molecule has 0 bridgehead atoms. The van der Waals surface area contributed by atoms with Gasteiger partial charge in [0.25, 0.3) is 15.7 Å². The summed E-state index contributed by atoms with van der Waals surface area (Å²) in [5.74, 6) is 2.21. The summed E-state index contributed by atoms with van der Waals surface area (Å²) >= 11 is 0. The Morgan fingerprint density at radius 3 is 2.38 bits per heavy atom. The predicted molar refractivity (Wildman–Crippen MR) is 122 cm³/mol. The van der Waals surface area contributed by atoms with Crippen LogP contribution < -0.4 is 14.9 Å². The number of hydrogen-bond acceptors (Lipinski definition) is 8. The van der Waals surface area contributed by atoms with Crippen LogP contribution in [-0.2, 0) is 10.0 Å². The highest BCUT2D eigenvalue weighted by atomic mass is 32.2. The second kappa shape index (κ2) is 8.79. The van der Waals surface area contributed by atoms with E-state index >= 15 is 0 Å². The van der Waals surface area contributed by atoms with Crippen molar-refractivity contribution in [3.8, 4) is 0 Å². The topological polar surface area (TPSA) is 130 Å². The number of anilines is 4. The number of hydrogen-bond donors (Lipinski definition) is 2. The van der Waals surface area contributed by atoms with Gasteiger partial charge in [-0.05, 0) is 50.1 Å². The number of sulfonamides is 1. The van der Waals surface area contributed by atoms with Crippen LogP contribution in [-0.4, -0.2) is 36.4 Å². The van der Waals surface area contributed by atoms with E-state index in [2.05, 4.69) is 24.9 Å². The van der Waals surface area contributed by atoms with Gasteiger partial charge in [0.15, 0.2) is 0 Å². The van der Waals surface area contributed by atoms with Crippen LogP contribution in [0.15, 0.2) is 59.5 Å². The molecule has 4 rings (SSSR count). The van der Waals surface area contributed by atoms with Crippen LogP contribution in [0.2, 0.25) is 0 Å². The van der Waals surface area contributed by atoms with Crippen molar-refractivity contribution in [1.82, 2.24) is 9.97 Å². The van der Waals surface area contributed by atoms with Crippen LogP contribution in [0.5, 0.6) is 0 Å². The van der Waals surface area contributed by atoms with Gasteiger partial charge in [-0.3, -0.25) is 14.8 Å². The van der Waals surface area contributed by atoms with Gasteiger partial charge < -0.3 is 10.2 Å². The fraction of sp³-hybridized carbons (Fsp3) is 0.238. The van der Waals surface area contributed by atoms with Crippen LogP contribution in [0, 0.1) is 17.0 Å². The number of benzene rings is 2. The van der Waals surface area contributed by atoms with Gasteiger partial charge in [0.1, 0.15) is 17.5 Å². The highest BCUT2D eigenvalue weighted by Gasteiger charge is 2.18. The van der Waals surface area contributed by atoms with Gasteiger partial charge in [0.05, 0.1) is 9.82 Å². The van der Waals surface area contributed by atoms with Gasteiger partial charge in [0.2, 0.25) is 0 Å². The van der Waals surface area contributed by atoms with Gasteiger partial charge in [0, 0.05) is 42.7 Å². The summed E-state index contributed by atoms with van der Waals surface area (Å²) in [5.41, 5.74) is 0.772. The molecule has 2 aromatic carbocycles. The maximum Gasteiger partial charge on any atom is 0.270 e. The smallest absolute Gasteiger partial charge is 0.270 e. The molecule has 0 saturated carbocycles. The lowest BCUT2D eigenvalue weighted by atomic mass is 10.3. The maximum atomic E-state index is 12.6. The zero-order valence-electron chi connectivity index (χ0n) is 17.4. The number of nitro benzene ring substituents is 1. The Hall–Kier alpha value is -3.73. The maximum absolute atomic E-state index is 12.6. The van der Waals surface area contributed by atoms with Crippen LogP contribution in [0.3, 0.4) is 0 Å². The summed E-state index contributed by atoms with van der Waals surface area (Å²) < 4.78 is 27.6. The molecule has 0 unspecified atom stereocenters. The molecular weight excluding hydrogens is 432 g/mol. The molecule has 1 aliphatic heterocycles. The van der Waals surface area contributed by atoms with Crippen molar-refractivity contribution in [1.29, 1.82) is 0 Å². The lowest BCUT2D eigenvalue weighted by Gasteiger charge is -2.18. The molecule has 166 valence electrons. The minimum Gasteiger partial charge on any atom is -0.356 e. The van der Waals surface area contributed by atoms with Crippen molar-refractivity contribution in [2.45, 2.75) is 24.7 Å². The third kappa shape index (κ3) is 4.94. The van der Waals surface area contributed by atoms with Gasteiger partial charge in [-0.15, -0.1) is 0 Å². The van der Waals surface area contributed by atoms with Crippen molar-refractivity contribution in [2.75, 3.05) is 28.0 Å². The van der Waals surface area contributed by atoms with E-state index in [0.717, 1.165) is 43.5 Å². The quantitative estimate of drug-likeness (QED) is 0.407. The molecule has 1 saturated heterocycles. The van der Waals surface area contributed by atoms with E-state index < -0.39 is 14.9 Å². The molecule has 2 N–H and O–H groups in total. The Morgan fingerprint density at radius 1 is 1.00 bits per heavy atom. The second-order valence-electron chi connectivity index (χ2n) is 7.42. The SMILES string of the molecule is Cc1nc(Nc2ccc(NS(=O)(=O)c3cccc([N+](=O)[O-])c3)cc2)cc(N2CCCC2)n1. The molecule has 1 aromatic heterocycles. The van der Waals surface area contributed by atoms with Crippen LogP contribution in [0.4, 0.5) is 28.7 Å². The standard InChI is InChI=1S/C21H22N6O4S/c1-15-22-20(14-21(23-15)26-11-2-3-12-26)24-16-7-9-17(10-8-16)25-32(30,31)19-6-4-5-18(13-19)27(28)29/h4-10,13-14,25H,2-3,11-12H2,1H3,(H,22,23,24). The van der Waals surface area contributed by atoms with E-state index in [1.165, 1.54) is 18.2 Å². The summed E-state index contributed by atoms with van der Waals surface area (Å²) in [6.45, 7) is 3.81. The molecule has 0 radical (unpaired) electrons. The van der Waals surface area contributed by atoms with Gasteiger partial charge >= 0.3 is 0 Å². The van der Waals surface area contributed by atoms with E-state index in [4.69, 9.17) is 0 Å². The average molecular weight is 455 g/mol. The van der Waals surface area contributed by atoms with Crippen molar-refractivity contribution < 1.29 is 13.3 Å². The summed E-state index contributed by atoms with van der Waals surface area (Å²) in [6, 6.07) is 13.4. The first-order chi connectivity index (χ1) is 15.3. The zero-order valence-corrected chi connectivity index (χ0v) is 18.2. The molecule has 2 heterocycles. The molecule has 1 fully saturated rings. The molecule has 10 nitrogen and oxygen atoms in total. The van der Waals surface area contributed by atoms with E-state index in [1.54, 1.807) is 24.3 Å².